The maximum atomic E-state index is 10.5. The molecule has 8 heavy (non-hydrogen) atoms. The number of ketones is 1. The van der Waals surface area contributed by atoms with E-state index < -0.39 is 0 Å². The Balaban J connectivity index is 2.64. The van der Waals surface area contributed by atoms with E-state index in [1.54, 1.807) is 6.08 Å². The van der Waals surface area contributed by atoms with E-state index >= 15 is 0 Å². The van der Waals surface area contributed by atoms with Gasteiger partial charge in [0.25, 0.3) is 0 Å². The minimum Gasteiger partial charge on any atom is -0.369 e. The van der Waals surface area contributed by atoms with Gasteiger partial charge in [-0.3, -0.25) is 4.79 Å². The van der Waals surface area contributed by atoms with Gasteiger partial charge in [-0.2, -0.15) is 0 Å². The predicted molar refractivity (Wildman–Crippen MR) is 29.6 cm³/mol. The highest BCUT2D eigenvalue weighted by Crippen LogP contribution is 1.99. The Labute approximate surface area is 48.1 Å². The maximum Gasteiger partial charge on any atom is 0.181 e. The molecule has 2 heteroatoms. The lowest BCUT2D eigenvalue weighted by molar-refractivity contribution is -0.119. The molecule has 0 bridgehead atoms. The molecule has 1 aliphatic heterocycles. The lowest BCUT2D eigenvalue weighted by Crippen LogP contribution is -2.13. The Bertz CT molecular complexity index is 135. The highest BCUT2D eigenvalue weighted by molar-refractivity contribution is 5.91. The van der Waals surface area contributed by atoms with E-state index in [4.69, 9.17) is 4.74 Å². The molecule has 0 saturated heterocycles. The SMILES string of the molecule is CC1=CC(=O)COC1. The predicted octanol–water partition coefficient (Wildman–Crippen LogP) is 0.532. The molecule has 0 N–H and O–H groups in total. The van der Waals surface area contributed by atoms with Gasteiger partial charge in [0, 0.05) is 0 Å². The molecule has 0 aromatic rings. The van der Waals surface area contributed by atoms with Gasteiger partial charge in [-0.05, 0) is 18.6 Å². The van der Waals surface area contributed by atoms with Gasteiger partial charge in [-0.1, -0.05) is 0 Å². The van der Waals surface area contributed by atoms with E-state index in [9.17, 15) is 4.79 Å². The molecule has 44 valence electrons. The van der Waals surface area contributed by atoms with E-state index in [1.807, 2.05) is 6.92 Å². The summed E-state index contributed by atoms with van der Waals surface area (Å²) in [4.78, 5) is 10.5. The summed E-state index contributed by atoms with van der Waals surface area (Å²) in [6.07, 6.45) is 1.63. The first-order valence-corrected chi connectivity index (χ1v) is 2.57. The number of carbonyl (C=O) groups excluding carboxylic acids is 1. The van der Waals surface area contributed by atoms with Crippen LogP contribution in [-0.2, 0) is 9.53 Å². The van der Waals surface area contributed by atoms with Gasteiger partial charge >= 0.3 is 0 Å². The molecule has 1 heterocycles. The molecular formula is C6H8O2. The minimum absolute atomic E-state index is 0.0775. The molecule has 1 rings (SSSR count). The summed E-state index contributed by atoms with van der Waals surface area (Å²) in [5, 5.41) is 0. The van der Waals surface area contributed by atoms with Gasteiger partial charge in [0.1, 0.15) is 6.61 Å². The molecule has 0 fully saturated rings. The summed E-state index contributed by atoms with van der Waals surface area (Å²) < 4.78 is 4.88. The van der Waals surface area contributed by atoms with Gasteiger partial charge in [0.2, 0.25) is 0 Å². The fraction of sp³-hybridized carbons (Fsp3) is 0.500. The monoisotopic (exact) mass is 112 g/mol. The van der Waals surface area contributed by atoms with Gasteiger partial charge in [0.15, 0.2) is 5.78 Å². The lowest BCUT2D eigenvalue weighted by atomic mass is 10.2. The van der Waals surface area contributed by atoms with Crippen molar-refractivity contribution in [2.24, 2.45) is 0 Å². The zero-order valence-electron chi connectivity index (χ0n) is 4.81. The molecule has 0 unspecified atom stereocenters. The molecule has 0 saturated carbocycles. The van der Waals surface area contributed by atoms with Crippen LogP contribution < -0.4 is 0 Å². The van der Waals surface area contributed by atoms with Crippen LogP contribution in [0.1, 0.15) is 6.92 Å². The number of rotatable bonds is 0. The number of hydrogen-bond acceptors (Lipinski definition) is 2. The Morgan fingerprint density at radius 2 is 2.38 bits per heavy atom. The van der Waals surface area contributed by atoms with Crippen LogP contribution >= 0.6 is 0 Å². The first-order valence-electron chi connectivity index (χ1n) is 2.57. The van der Waals surface area contributed by atoms with Gasteiger partial charge in [-0.25, -0.2) is 0 Å². The fourth-order valence-corrected chi connectivity index (χ4v) is 0.671. The molecule has 0 aromatic carbocycles. The molecule has 0 spiro atoms. The van der Waals surface area contributed by atoms with E-state index in [-0.39, 0.29) is 12.4 Å². The lowest BCUT2D eigenvalue weighted by Gasteiger charge is -2.06. The van der Waals surface area contributed by atoms with E-state index in [0.29, 0.717) is 6.61 Å². The standard InChI is InChI=1S/C6H8O2/c1-5-2-6(7)4-8-3-5/h2H,3-4H2,1H3. The van der Waals surface area contributed by atoms with Gasteiger partial charge in [0.05, 0.1) is 6.61 Å². The Morgan fingerprint density at radius 1 is 1.62 bits per heavy atom. The minimum atomic E-state index is 0.0775. The first kappa shape index (κ1) is 5.51. The second-order valence-electron chi connectivity index (χ2n) is 1.95. The summed E-state index contributed by atoms with van der Waals surface area (Å²) >= 11 is 0. The first-order chi connectivity index (χ1) is 3.79. The van der Waals surface area contributed by atoms with Crippen molar-refractivity contribution >= 4 is 5.78 Å². The second-order valence-corrected chi connectivity index (χ2v) is 1.95. The van der Waals surface area contributed by atoms with Crippen molar-refractivity contribution in [3.63, 3.8) is 0 Å². The molecule has 1 aliphatic rings. The van der Waals surface area contributed by atoms with Crippen molar-refractivity contribution in [3.05, 3.63) is 11.6 Å². The third-order valence-corrected chi connectivity index (χ3v) is 0.981. The molecule has 2 nitrogen and oxygen atoms in total. The van der Waals surface area contributed by atoms with E-state index in [0.717, 1.165) is 5.57 Å². The number of hydrogen-bond donors (Lipinski definition) is 0. The quantitative estimate of drug-likeness (QED) is 0.457. The average Bonchev–Trinajstić information content (AvgIpc) is 1.64. The summed E-state index contributed by atoms with van der Waals surface area (Å²) in [6, 6.07) is 0. The van der Waals surface area contributed by atoms with Crippen LogP contribution in [-0.4, -0.2) is 19.0 Å². The zero-order valence-corrected chi connectivity index (χ0v) is 4.81. The highest BCUT2D eigenvalue weighted by Gasteiger charge is 2.04. The largest absolute Gasteiger partial charge is 0.369 e. The van der Waals surface area contributed by atoms with Crippen molar-refractivity contribution in [1.29, 1.82) is 0 Å². The van der Waals surface area contributed by atoms with Crippen LogP contribution in [0.3, 0.4) is 0 Å². The van der Waals surface area contributed by atoms with Crippen LogP contribution in [0.2, 0.25) is 0 Å². The van der Waals surface area contributed by atoms with Crippen molar-refractivity contribution in [3.8, 4) is 0 Å². The third kappa shape index (κ3) is 1.17. The highest BCUT2D eigenvalue weighted by atomic mass is 16.5. The van der Waals surface area contributed by atoms with Gasteiger partial charge in [-0.15, -0.1) is 0 Å². The molecule has 0 atom stereocenters. The van der Waals surface area contributed by atoms with E-state index in [2.05, 4.69) is 0 Å². The van der Waals surface area contributed by atoms with Crippen LogP contribution in [0.4, 0.5) is 0 Å². The molecule has 0 radical (unpaired) electrons. The van der Waals surface area contributed by atoms with Crippen molar-refractivity contribution in [1.82, 2.24) is 0 Å². The van der Waals surface area contributed by atoms with Crippen molar-refractivity contribution in [2.75, 3.05) is 13.2 Å². The molecular weight excluding hydrogens is 104 g/mol. The Kier molecular flexibility index (Phi) is 1.44. The third-order valence-electron chi connectivity index (χ3n) is 0.981. The molecule has 0 aromatic heterocycles. The molecule has 0 aliphatic carbocycles. The second kappa shape index (κ2) is 2.09. The Morgan fingerprint density at radius 3 is 2.75 bits per heavy atom. The van der Waals surface area contributed by atoms with Crippen molar-refractivity contribution < 1.29 is 9.53 Å². The Hall–Kier alpha value is -0.630. The maximum absolute atomic E-state index is 10.5. The summed E-state index contributed by atoms with van der Waals surface area (Å²) in [5.74, 6) is 0.0775. The number of ether oxygens (including phenoxy) is 1. The summed E-state index contributed by atoms with van der Waals surface area (Å²) in [5.41, 5.74) is 1.02. The normalized spacial score (nSPS) is 20.6. The van der Waals surface area contributed by atoms with Gasteiger partial charge < -0.3 is 4.74 Å². The fourth-order valence-electron chi connectivity index (χ4n) is 0.671. The van der Waals surface area contributed by atoms with Crippen LogP contribution in [0.25, 0.3) is 0 Å². The average molecular weight is 112 g/mol. The van der Waals surface area contributed by atoms with Crippen LogP contribution in [0.5, 0.6) is 0 Å². The summed E-state index contributed by atoms with van der Waals surface area (Å²) in [7, 11) is 0. The smallest absolute Gasteiger partial charge is 0.181 e. The number of carbonyl (C=O) groups is 1. The molecule has 0 amide bonds. The van der Waals surface area contributed by atoms with Crippen LogP contribution in [0.15, 0.2) is 11.6 Å². The van der Waals surface area contributed by atoms with Crippen molar-refractivity contribution in [2.45, 2.75) is 6.92 Å². The van der Waals surface area contributed by atoms with E-state index in [1.165, 1.54) is 0 Å². The zero-order chi connectivity index (χ0) is 5.98. The summed E-state index contributed by atoms with van der Waals surface area (Å²) in [6.45, 7) is 2.76. The topological polar surface area (TPSA) is 26.3 Å². The van der Waals surface area contributed by atoms with Crippen LogP contribution in [0, 0.1) is 0 Å².